The third kappa shape index (κ3) is 6.69. The Morgan fingerprint density at radius 1 is 0.800 bits per heavy atom. The average Bonchev–Trinajstić information content (AvgIpc) is 2.85. The molecule has 3 rings (SSSR count). The Morgan fingerprint density at radius 3 is 1.53 bits per heavy atom. The molecular weight excluding hydrogens is 447 g/mol. The van der Waals surface area contributed by atoms with E-state index in [-0.39, 0.29) is 36.6 Å². The van der Waals surface area contributed by atoms with Crippen LogP contribution in [0.4, 0.5) is 0 Å². The molecule has 8 heteroatoms. The second-order valence-corrected chi connectivity index (χ2v) is 9.16. The van der Waals surface area contributed by atoms with Gasteiger partial charge in [-0.2, -0.15) is 0 Å². The second kappa shape index (κ2) is 9.77. The van der Waals surface area contributed by atoms with Crippen molar-refractivity contribution in [1.82, 2.24) is 0 Å². The predicted octanol–water partition coefficient (Wildman–Crippen LogP) is 2.49. The number of carbonyl (C=O) groups excluding carboxylic acids is 2. The maximum Gasteiger partial charge on any atom is 0.494 e. The van der Waals surface area contributed by atoms with E-state index in [0.717, 1.165) is 21.1 Å². The van der Waals surface area contributed by atoms with Gasteiger partial charge in [-0.1, -0.05) is 52.3 Å². The summed E-state index contributed by atoms with van der Waals surface area (Å²) in [5.74, 6) is -0.629. The molecule has 0 atom stereocenters. The molecule has 6 nitrogen and oxygen atoms in total. The van der Waals surface area contributed by atoms with Gasteiger partial charge in [-0.3, -0.25) is 9.59 Å². The molecule has 30 heavy (non-hydrogen) atoms. The normalized spacial score (nSPS) is 16.5. The molecule has 1 saturated heterocycles. The molecule has 0 radical (unpaired) electrons. The molecule has 1 aliphatic rings. The fourth-order valence-electron chi connectivity index (χ4n) is 2.78. The Labute approximate surface area is 186 Å². The number of hydrogen-bond donors (Lipinski definition) is 2. The van der Waals surface area contributed by atoms with Gasteiger partial charge in [-0.05, 0) is 56.4 Å². The van der Waals surface area contributed by atoms with E-state index in [0.29, 0.717) is 6.42 Å². The van der Waals surface area contributed by atoms with E-state index in [4.69, 9.17) is 20.8 Å². The highest BCUT2D eigenvalue weighted by Crippen LogP contribution is 2.36. The van der Waals surface area contributed by atoms with Crippen molar-refractivity contribution < 1.29 is 18.9 Å². The van der Waals surface area contributed by atoms with Crippen LogP contribution in [0.5, 0.6) is 0 Å². The van der Waals surface area contributed by atoms with Crippen molar-refractivity contribution in [2.24, 2.45) is 11.5 Å². The quantitative estimate of drug-likeness (QED) is 0.649. The highest BCUT2D eigenvalue weighted by atomic mass is 79.9. The summed E-state index contributed by atoms with van der Waals surface area (Å²) in [5.41, 5.74) is 12.3. The summed E-state index contributed by atoms with van der Waals surface area (Å²) in [4.78, 5) is 21.3. The van der Waals surface area contributed by atoms with Crippen LogP contribution in [0.3, 0.4) is 0 Å². The number of carbonyl (C=O) groups is 2. The molecule has 1 heterocycles. The van der Waals surface area contributed by atoms with E-state index in [9.17, 15) is 9.59 Å². The van der Waals surface area contributed by atoms with Crippen LogP contribution in [-0.2, 0) is 31.7 Å². The number of nitrogens with two attached hydrogens (primary N) is 2. The minimum absolute atomic E-state index is 0.254. The molecule has 2 aromatic carbocycles. The van der Waals surface area contributed by atoms with E-state index < -0.39 is 0 Å². The van der Waals surface area contributed by atoms with Gasteiger partial charge in [-0.25, -0.2) is 0 Å². The summed E-state index contributed by atoms with van der Waals surface area (Å²) in [6, 6.07) is 15.1. The third-order valence-electron chi connectivity index (χ3n) is 5.18. The van der Waals surface area contributed by atoms with Crippen molar-refractivity contribution >= 4 is 40.3 Å². The summed E-state index contributed by atoms with van der Waals surface area (Å²) in [6.45, 7) is 8.09. The van der Waals surface area contributed by atoms with Gasteiger partial charge in [0.1, 0.15) is 0 Å². The van der Waals surface area contributed by atoms with Crippen LogP contribution in [0.15, 0.2) is 53.0 Å². The van der Waals surface area contributed by atoms with Crippen LogP contribution in [0.25, 0.3) is 0 Å². The fraction of sp³-hybridized carbons (Fsp3) is 0.364. The lowest BCUT2D eigenvalue weighted by molar-refractivity contribution is -0.118. The van der Waals surface area contributed by atoms with Gasteiger partial charge in [0.15, 0.2) is 0 Å². The van der Waals surface area contributed by atoms with Gasteiger partial charge in [-0.15, -0.1) is 0 Å². The topological polar surface area (TPSA) is 105 Å². The van der Waals surface area contributed by atoms with Gasteiger partial charge in [0, 0.05) is 4.47 Å². The predicted molar refractivity (Wildman–Crippen MR) is 122 cm³/mol. The zero-order chi connectivity index (χ0) is 22.5. The molecule has 160 valence electrons. The largest absolute Gasteiger partial charge is 0.494 e. The maximum atomic E-state index is 10.9. The van der Waals surface area contributed by atoms with E-state index in [1.54, 1.807) is 0 Å². The molecule has 0 aromatic heterocycles. The Kier molecular flexibility index (Phi) is 7.85. The summed E-state index contributed by atoms with van der Waals surface area (Å²) in [5, 5.41) is 0. The molecule has 0 unspecified atom stereocenters. The molecule has 4 N–H and O–H groups in total. The number of benzene rings is 2. The molecule has 0 aliphatic carbocycles. The van der Waals surface area contributed by atoms with Gasteiger partial charge >= 0.3 is 7.12 Å². The molecule has 2 aromatic rings. The van der Waals surface area contributed by atoms with Crippen molar-refractivity contribution in [3.63, 3.8) is 0 Å². The van der Waals surface area contributed by atoms with Gasteiger partial charge < -0.3 is 20.8 Å². The van der Waals surface area contributed by atoms with Gasteiger partial charge in [0.2, 0.25) is 11.8 Å². The number of amides is 2. The van der Waals surface area contributed by atoms with Gasteiger partial charge in [0.25, 0.3) is 0 Å². The maximum absolute atomic E-state index is 10.9. The first kappa shape index (κ1) is 24.1. The zero-order valence-corrected chi connectivity index (χ0v) is 19.4. The van der Waals surface area contributed by atoms with Crippen molar-refractivity contribution in [2.45, 2.75) is 51.7 Å². The van der Waals surface area contributed by atoms with Crippen LogP contribution in [-0.4, -0.2) is 30.1 Å². The van der Waals surface area contributed by atoms with Crippen LogP contribution >= 0.6 is 15.9 Å². The molecule has 1 aliphatic heterocycles. The Balaban J connectivity index is 0.000000248. The number of primary amides is 2. The molecule has 0 spiro atoms. The number of hydrogen-bond acceptors (Lipinski definition) is 4. The summed E-state index contributed by atoms with van der Waals surface area (Å²) >= 11 is 3.30. The minimum Gasteiger partial charge on any atom is -0.399 e. The molecule has 0 saturated carbocycles. The first-order valence-electron chi connectivity index (χ1n) is 9.65. The summed E-state index contributed by atoms with van der Waals surface area (Å²) < 4.78 is 12.9. The first-order chi connectivity index (χ1) is 13.9. The monoisotopic (exact) mass is 474 g/mol. The minimum atomic E-state index is -0.368. The number of halogens is 1. The van der Waals surface area contributed by atoms with E-state index in [1.807, 2.05) is 76.2 Å². The average molecular weight is 475 g/mol. The highest BCUT2D eigenvalue weighted by molar-refractivity contribution is 9.10. The van der Waals surface area contributed by atoms with Gasteiger partial charge in [0.05, 0.1) is 24.0 Å². The van der Waals surface area contributed by atoms with Crippen molar-refractivity contribution in [3.8, 4) is 0 Å². The lowest BCUT2D eigenvalue weighted by Gasteiger charge is -2.32. The Morgan fingerprint density at radius 2 is 1.17 bits per heavy atom. The van der Waals surface area contributed by atoms with Crippen molar-refractivity contribution in [1.29, 1.82) is 0 Å². The van der Waals surface area contributed by atoms with E-state index in [1.165, 1.54) is 0 Å². The molecule has 1 fully saturated rings. The smallest absolute Gasteiger partial charge is 0.399 e. The fourth-order valence-corrected chi connectivity index (χ4v) is 3.04. The van der Waals surface area contributed by atoms with Crippen LogP contribution < -0.4 is 16.9 Å². The van der Waals surface area contributed by atoms with Crippen LogP contribution in [0.1, 0.15) is 38.8 Å². The summed E-state index contributed by atoms with van der Waals surface area (Å²) in [7, 11) is -0.368. The van der Waals surface area contributed by atoms with Crippen LogP contribution in [0.2, 0.25) is 0 Å². The lowest BCUT2D eigenvalue weighted by Crippen LogP contribution is -2.41. The molecular formula is C22H28BBrN2O4. The number of rotatable bonds is 5. The van der Waals surface area contributed by atoms with E-state index in [2.05, 4.69) is 15.9 Å². The Hall–Kier alpha value is -2.16. The van der Waals surface area contributed by atoms with E-state index >= 15 is 0 Å². The van der Waals surface area contributed by atoms with Crippen molar-refractivity contribution in [3.05, 3.63) is 64.1 Å². The first-order valence-corrected chi connectivity index (χ1v) is 10.4. The highest BCUT2D eigenvalue weighted by Gasteiger charge is 2.51. The summed E-state index contributed by atoms with van der Waals surface area (Å²) in [6.07, 6.45) is 0.566. The lowest BCUT2D eigenvalue weighted by atomic mass is 9.79. The Bertz CT molecular complexity index is 867. The third-order valence-corrected chi connectivity index (χ3v) is 5.70. The standard InChI is InChI=1S/C14H20BNO3.C8H8BrNO/c1-13(2)14(3,4)19-15(18-13)11-7-5-10(6-8-11)9-12(16)17;9-7-3-1-6(2-4-7)5-8(10)11/h5-8H,9H2,1-4H3,(H2,16,17);1-4H,5H2,(H2,10,11). The second-order valence-electron chi connectivity index (χ2n) is 8.24. The molecule has 0 bridgehead atoms. The van der Waals surface area contributed by atoms with Crippen LogP contribution in [0, 0.1) is 0 Å². The SMILES string of the molecule is CC1(C)OB(c2ccc(CC(N)=O)cc2)OC1(C)C.NC(=O)Cc1ccc(Br)cc1. The zero-order valence-electron chi connectivity index (χ0n) is 17.8. The molecule has 2 amide bonds. The van der Waals surface area contributed by atoms with Crippen molar-refractivity contribution in [2.75, 3.05) is 0 Å².